The Hall–Kier alpha value is -0.130. The number of amides is 2. The molecule has 2 rings (SSSR count). The number of hydrogen-bond acceptors (Lipinski definition) is 3. The average molecular weight is 345 g/mol. The number of thioether (sulfide) groups is 1. The van der Waals surface area contributed by atoms with Crippen molar-refractivity contribution >= 4 is 70.0 Å². The van der Waals surface area contributed by atoms with Gasteiger partial charge in [-0.25, -0.2) is 0 Å². The molecule has 1 heterocycles. The predicted octanol–water partition coefficient (Wildman–Crippen LogP) is 3.60. The van der Waals surface area contributed by atoms with Gasteiger partial charge in [0.1, 0.15) is 4.84 Å². The summed E-state index contributed by atoms with van der Waals surface area (Å²) in [5.41, 5.74) is 0.530. The van der Waals surface area contributed by atoms with Gasteiger partial charge < -0.3 is 0 Å². The molecule has 1 aromatic rings. The summed E-state index contributed by atoms with van der Waals surface area (Å²) in [7, 11) is 0. The highest BCUT2D eigenvalue weighted by Crippen LogP contribution is 2.47. The summed E-state index contributed by atoms with van der Waals surface area (Å²) in [6.07, 6.45) is 0. The van der Waals surface area contributed by atoms with Crippen LogP contribution in [0.5, 0.6) is 0 Å². The maximum Gasteiger partial charge on any atom is 0.260 e. The van der Waals surface area contributed by atoms with Crippen LogP contribution < -0.4 is 5.32 Å². The molecule has 1 aliphatic rings. The third kappa shape index (κ3) is 2.58. The zero-order valence-electron chi connectivity index (χ0n) is 8.55. The lowest BCUT2D eigenvalue weighted by atomic mass is 10.1. The molecule has 0 atom stereocenters. The lowest BCUT2D eigenvalue weighted by Crippen LogP contribution is -2.20. The van der Waals surface area contributed by atoms with Gasteiger partial charge in [0.15, 0.2) is 3.67 Å². The van der Waals surface area contributed by atoms with E-state index in [-0.39, 0.29) is 11.1 Å². The van der Waals surface area contributed by atoms with Gasteiger partial charge in [-0.3, -0.25) is 14.9 Å². The first-order chi connectivity index (χ1) is 8.33. The van der Waals surface area contributed by atoms with E-state index >= 15 is 0 Å². The molecule has 0 aromatic heterocycles. The SMILES string of the molecule is O=C1NC(=O)c2c(SC(Cl)(Cl)C(Cl)Cl)cccc21. The Morgan fingerprint density at radius 3 is 2.44 bits per heavy atom. The van der Waals surface area contributed by atoms with E-state index in [1.807, 2.05) is 0 Å². The van der Waals surface area contributed by atoms with Gasteiger partial charge in [-0.2, -0.15) is 0 Å². The standard InChI is InChI=1S/C10H5Cl4NO2S/c11-9(12)10(13,14)18-5-3-1-2-4-6(5)8(17)15-7(4)16/h1-3,9H,(H,15,16,17). The van der Waals surface area contributed by atoms with Crippen molar-refractivity contribution in [2.45, 2.75) is 13.4 Å². The Labute approximate surface area is 127 Å². The zero-order valence-corrected chi connectivity index (χ0v) is 12.4. The van der Waals surface area contributed by atoms with Crippen LogP contribution in [-0.2, 0) is 0 Å². The smallest absolute Gasteiger partial charge is 0.260 e. The van der Waals surface area contributed by atoms with Crippen LogP contribution in [0, 0.1) is 0 Å². The molecule has 0 radical (unpaired) electrons. The number of hydrogen-bond donors (Lipinski definition) is 1. The normalized spacial score (nSPS) is 14.9. The molecule has 0 spiro atoms. The number of alkyl halides is 4. The van der Waals surface area contributed by atoms with E-state index in [9.17, 15) is 9.59 Å². The maximum absolute atomic E-state index is 11.7. The van der Waals surface area contributed by atoms with Crippen LogP contribution in [0.2, 0.25) is 0 Å². The fraction of sp³-hybridized carbons (Fsp3) is 0.200. The van der Waals surface area contributed by atoms with Crippen LogP contribution in [0.25, 0.3) is 0 Å². The molecule has 0 aliphatic carbocycles. The van der Waals surface area contributed by atoms with Crippen LogP contribution in [-0.4, -0.2) is 20.3 Å². The lowest BCUT2D eigenvalue weighted by molar-refractivity contribution is 0.0879. The summed E-state index contributed by atoms with van der Waals surface area (Å²) in [5.74, 6) is -0.927. The molecule has 0 bridgehead atoms. The monoisotopic (exact) mass is 343 g/mol. The van der Waals surface area contributed by atoms with Crippen molar-refractivity contribution < 1.29 is 9.59 Å². The molecule has 18 heavy (non-hydrogen) atoms. The number of carbonyl (C=O) groups is 2. The molecule has 3 nitrogen and oxygen atoms in total. The van der Waals surface area contributed by atoms with Crippen molar-refractivity contribution in [2.24, 2.45) is 0 Å². The molecular formula is C10H5Cl4NO2S. The minimum Gasteiger partial charge on any atom is -0.288 e. The highest BCUT2D eigenvalue weighted by Gasteiger charge is 2.37. The van der Waals surface area contributed by atoms with E-state index in [1.54, 1.807) is 18.2 Å². The predicted molar refractivity (Wildman–Crippen MR) is 74.0 cm³/mol. The number of nitrogens with one attached hydrogen (secondary N) is 1. The van der Waals surface area contributed by atoms with Crippen molar-refractivity contribution in [1.82, 2.24) is 5.32 Å². The molecule has 0 saturated heterocycles. The van der Waals surface area contributed by atoms with Gasteiger partial charge in [-0.15, -0.1) is 23.2 Å². The van der Waals surface area contributed by atoms with E-state index in [4.69, 9.17) is 46.4 Å². The maximum atomic E-state index is 11.7. The van der Waals surface area contributed by atoms with Gasteiger partial charge in [0.2, 0.25) is 0 Å². The molecule has 8 heteroatoms. The number of imide groups is 1. The Kier molecular flexibility index (Phi) is 4.04. The van der Waals surface area contributed by atoms with E-state index in [0.29, 0.717) is 4.90 Å². The fourth-order valence-corrected chi connectivity index (χ4v) is 3.06. The van der Waals surface area contributed by atoms with Crippen LogP contribution >= 0.6 is 58.2 Å². The summed E-state index contributed by atoms with van der Waals surface area (Å²) < 4.78 is -1.51. The topological polar surface area (TPSA) is 46.2 Å². The molecule has 96 valence electrons. The largest absolute Gasteiger partial charge is 0.288 e. The molecular weight excluding hydrogens is 340 g/mol. The number of rotatable bonds is 3. The van der Waals surface area contributed by atoms with E-state index in [0.717, 1.165) is 11.8 Å². The summed E-state index contributed by atoms with van der Waals surface area (Å²) in [4.78, 5) is 22.5. The molecule has 0 fully saturated rings. The highest BCUT2D eigenvalue weighted by atomic mass is 35.5. The third-order valence-corrected chi connectivity index (χ3v) is 5.55. The lowest BCUT2D eigenvalue weighted by Gasteiger charge is -2.20. The molecule has 1 aromatic carbocycles. The average Bonchev–Trinajstić information content (AvgIpc) is 2.55. The van der Waals surface area contributed by atoms with Crippen LogP contribution in [0.15, 0.2) is 23.1 Å². The molecule has 1 N–H and O–H groups in total. The van der Waals surface area contributed by atoms with Crippen molar-refractivity contribution in [3.63, 3.8) is 0 Å². The second-order valence-corrected chi connectivity index (χ2v) is 7.64. The van der Waals surface area contributed by atoms with Gasteiger partial charge in [0.05, 0.1) is 11.1 Å². The second kappa shape index (κ2) is 5.10. The summed E-state index contributed by atoms with van der Waals surface area (Å²) in [5, 5.41) is 2.19. The van der Waals surface area contributed by atoms with Gasteiger partial charge >= 0.3 is 0 Å². The molecule has 2 amide bonds. The van der Waals surface area contributed by atoms with Crippen molar-refractivity contribution in [3.8, 4) is 0 Å². The Morgan fingerprint density at radius 1 is 1.17 bits per heavy atom. The molecule has 0 unspecified atom stereocenters. The van der Waals surface area contributed by atoms with Crippen LogP contribution in [0.1, 0.15) is 20.7 Å². The summed E-state index contributed by atoms with van der Waals surface area (Å²) >= 11 is 24.1. The van der Waals surface area contributed by atoms with Crippen LogP contribution in [0.3, 0.4) is 0 Å². The molecule has 1 aliphatic heterocycles. The minimum atomic E-state index is -1.51. The Bertz CT molecular complexity index is 533. The number of fused-ring (bicyclic) bond motifs is 1. The first kappa shape index (κ1) is 14.3. The van der Waals surface area contributed by atoms with Gasteiger partial charge in [-0.05, 0) is 12.1 Å². The van der Waals surface area contributed by atoms with E-state index in [1.165, 1.54) is 0 Å². The van der Waals surface area contributed by atoms with Gasteiger partial charge in [0, 0.05) is 4.90 Å². The minimum absolute atomic E-state index is 0.243. The number of carbonyl (C=O) groups excluding carboxylic acids is 2. The highest BCUT2D eigenvalue weighted by molar-refractivity contribution is 8.03. The van der Waals surface area contributed by atoms with E-state index in [2.05, 4.69) is 5.32 Å². The van der Waals surface area contributed by atoms with Crippen molar-refractivity contribution in [1.29, 1.82) is 0 Å². The van der Waals surface area contributed by atoms with Crippen molar-refractivity contribution in [3.05, 3.63) is 29.3 Å². The number of benzene rings is 1. The number of halogens is 4. The van der Waals surface area contributed by atoms with E-state index < -0.39 is 20.3 Å². The summed E-state index contributed by atoms with van der Waals surface area (Å²) in [6.45, 7) is 0. The van der Waals surface area contributed by atoms with Crippen LogP contribution in [0.4, 0.5) is 0 Å². The fourth-order valence-electron chi connectivity index (χ4n) is 1.46. The Balaban J connectivity index is 2.43. The second-order valence-electron chi connectivity index (χ2n) is 3.43. The first-order valence-electron chi connectivity index (χ1n) is 4.66. The quantitative estimate of drug-likeness (QED) is 0.517. The first-order valence-corrected chi connectivity index (χ1v) is 7.11. The molecule has 0 saturated carbocycles. The third-order valence-electron chi connectivity index (χ3n) is 2.23. The van der Waals surface area contributed by atoms with Crippen molar-refractivity contribution in [2.75, 3.05) is 0 Å². The zero-order chi connectivity index (χ0) is 13.5. The van der Waals surface area contributed by atoms with Gasteiger partial charge in [-0.1, -0.05) is 41.0 Å². The van der Waals surface area contributed by atoms with Gasteiger partial charge in [0.25, 0.3) is 11.8 Å². The summed E-state index contributed by atoms with van der Waals surface area (Å²) in [6, 6.07) is 4.79. The Morgan fingerprint density at radius 2 is 1.83 bits per heavy atom.